The van der Waals surface area contributed by atoms with Gasteiger partial charge >= 0.3 is 0 Å². The van der Waals surface area contributed by atoms with Crippen LogP contribution in [-0.4, -0.2) is 31.2 Å². The van der Waals surface area contributed by atoms with E-state index < -0.39 is 15.8 Å². The van der Waals surface area contributed by atoms with Crippen LogP contribution in [0.3, 0.4) is 0 Å². The van der Waals surface area contributed by atoms with Crippen LogP contribution in [0.2, 0.25) is 0 Å². The van der Waals surface area contributed by atoms with E-state index in [1.165, 1.54) is 16.4 Å². The monoisotopic (exact) mass is 341 g/mol. The van der Waals surface area contributed by atoms with E-state index in [1.807, 2.05) is 0 Å². The molecule has 0 N–H and O–H groups in total. The molecule has 1 atom stereocenters. The second kappa shape index (κ2) is 4.84. The molecule has 7 heteroatoms. The second-order valence-corrected chi connectivity index (χ2v) is 7.26. The van der Waals surface area contributed by atoms with Gasteiger partial charge in [0.05, 0.1) is 0 Å². The summed E-state index contributed by atoms with van der Waals surface area (Å²) in [6.45, 7) is 0.575. The van der Waals surface area contributed by atoms with Crippen LogP contribution in [0.1, 0.15) is 6.42 Å². The second-order valence-electron chi connectivity index (χ2n) is 3.82. The van der Waals surface area contributed by atoms with E-state index in [4.69, 9.17) is 11.6 Å². The highest BCUT2D eigenvalue weighted by Crippen LogP contribution is 2.26. The Balaban J connectivity index is 2.38. The lowest BCUT2D eigenvalue weighted by Crippen LogP contribution is -2.29. The van der Waals surface area contributed by atoms with E-state index >= 15 is 0 Å². The fraction of sp³-hybridized carbons (Fsp3) is 0.400. The summed E-state index contributed by atoms with van der Waals surface area (Å²) in [5.74, 6) is -0.752. The van der Waals surface area contributed by atoms with Crippen LogP contribution in [0.4, 0.5) is 4.39 Å². The molecular weight excluding hydrogens is 333 g/mol. The van der Waals surface area contributed by atoms with Crippen molar-refractivity contribution in [2.75, 3.05) is 13.1 Å². The molecule has 0 aromatic heterocycles. The number of alkyl halides is 1. The minimum Gasteiger partial charge on any atom is -0.207 e. The van der Waals surface area contributed by atoms with Crippen molar-refractivity contribution < 1.29 is 12.8 Å². The van der Waals surface area contributed by atoms with Gasteiger partial charge in [0.2, 0.25) is 10.0 Å². The summed E-state index contributed by atoms with van der Waals surface area (Å²) >= 11 is 8.94. The molecule has 3 nitrogen and oxygen atoms in total. The first-order chi connectivity index (χ1) is 7.91. The molecule has 1 aromatic rings. The maximum absolute atomic E-state index is 13.6. The van der Waals surface area contributed by atoms with Gasteiger partial charge in [-0.1, -0.05) is 15.9 Å². The van der Waals surface area contributed by atoms with E-state index in [0.717, 1.165) is 6.07 Å². The molecule has 0 spiro atoms. The van der Waals surface area contributed by atoms with Crippen molar-refractivity contribution in [2.45, 2.75) is 16.7 Å². The number of nitrogens with zero attached hydrogens (tertiary/aromatic N) is 1. The summed E-state index contributed by atoms with van der Waals surface area (Å²) < 4.78 is 39.6. The van der Waals surface area contributed by atoms with E-state index in [9.17, 15) is 12.8 Å². The summed E-state index contributed by atoms with van der Waals surface area (Å²) in [7, 11) is -3.77. The van der Waals surface area contributed by atoms with Crippen molar-refractivity contribution in [3.05, 3.63) is 28.5 Å². The number of hydrogen-bond acceptors (Lipinski definition) is 2. The minimum absolute atomic E-state index is 0.191. The normalized spacial score (nSPS) is 21.9. The third kappa shape index (κ3) is 2.65. The number of rotatable bonds is 2. The molecule has 1 unspecified atom stereocenters. The molecule has 17 heavy (non-hydrogen) atoms. The predicted molar refractivity (Wildman–Crippen MR) is 67.1 cm³/mol. The van der Waals surface area contributed by atoms with Crippen LogP contribution in [-0.2, 0) is 10.0 Å². The molecular formula is C10H10BrClFNO2S. The largest absolute Gasteiger partial charge is 0.246 e. The van der Waals surface area contributed by atoms with Gasteiger partial charge in [-0.25, -0.2) is 12.8 Å². The Hall–Kier alpha value is -0.170. The van der Waals surface area contributed by atoms with Crippen LogP contribution in [0.25, 0.3) is 0 Å². The molecule has 0 bridgehead atoms. The van der Waals surface area contributed by atoms with Gasteiger partial charge in [-0.2, -0.15) is 4.31 Å². The van der Waals surface area contributed by atoms with E-state index in [2.05, 4.69) is 15.9 Å². The maximum Gasteiger partial charge on any atom is 0.246 e. The molecule has 2 rings (SSSR count). The first-order valence-electron chi connectivity index (χ1n) is 5.00. The van der Waals surface area contributed by atoms with Gasteiger partial charge in [-0.15, -0.1) is 11.6 Å². The molecule has 0 aliphatic carbocycles. The smallest absolute Gasteiger partial charge is 0.207 e. The predicted octanol–water partition coefficient (Wildman–Crippen LogP) is 2.59. The van der Waals surface area contributed by atoms with E-state index in [1.54, 1.807) is 0 Å². The Morgan fingerprint density at radius 2 is 2.18 bits per heavy atom. The highest BCUT2D eigenvalue weighted by Gasteiger charge is 2.33. The van der Waals surface area contributed by atoms with Crippen molar-refractivity contribution >= 4 is 37.6 Å². The highest BCUT2D eigenvalue weighted by molar-refractivity contribution is 9.10. The Kier molecular flexibility index (Phi) is 3.77. The SMILES string of the molecule is O=S(=O)(c1ccc(Br)cc1F)N1CCC(Cl)C1. The van der Waals surface area contributed by atoms with Gasteiger partial charge < -0.3 is 0 Å². The Labute approximate surface area is 113 Å². The molecule has 0 saturated carbocycles. The minimum atomic E-state index is -3.77. The lowest BCUT2D eigenvalue weighted by molar-refractivity contribution is 0.470. The standard InChI is InChI=1S/C10H10BrClFNO2S/c11-7-1-2-10(9(13)5-7)17(15,16)14-4-3-8(12)6-14/h1-2,5,8H,3-4,6H2. The first kappa shape index (κ1) is 13.3. The maximum atomic E-state index is 13.6. The Morgan fingerprint density at radius 3 is 2.71 bits per heavy atom. The molecule has 1 aliphatic heterocycles. The van der Waals surface area contributed by atoms with E-state index in [0.29, 0.717) is 17.4 Å². The van der Waals surface area contributed by atoms with Gasteiger partial charge in [-0.05, 0) is 24.6 Å². The molecule has 0 amide bonds. The van der Waals surface area contributed by atoms with Gasteiger partial charge in [0.1, 0.15) is 10.7 Å². The number of benzene rings is 1. The van der Waals surface area contributed by atoms with Gasteiger partial charge in [0.25, 0.3) is 0 Å². The summed E-state index contributed by atoms with van der Waals surface area (Å²) in [5.41, 5.74) is 0. The van der Waals surface area contributed by atoms with Crippen molar-refractivity contribution in [1.82, 2.24) is 4.31 Å². The van der Waals surface area contributed by atoms with Crippen LogP contribution < -0.4 is 0 Å². The molecule has 1 heterocycles. The average Bonchev–Trinajstić information content (AvgIpc) is 2.64. The number of hydrogen-bond donors (Lipinski definition) is 0. The van der Waals surface area contributed by atoms with Gasteiger partial charge in [0, 0.05) is 22.9 Å². The lowest BCUT2D eigenvalue weighted by atomic mass is 10.3. The topological polar surface area (TPSA) is 37.4 Å². The average molecular weight is 343 g/mol. The van der Waals surface area contributed by atoms with Crippen LogP contribution in [0, 0.1) is 5.82 Å². The quantitative estimate of drug-likeness (QED) is 0.775. The van der Waals surface area contributed by atoms with Crippen LogP contribution in [0.5, 0.6) is 0 Å². The third-order valence-electron chi connectivity index (χ3n) is 2.61. The Bertz CT molecular complexity index is 537. The van der Waals surface area contributed by atoms with Crippen molar-refractivity contribution in [3.8, 4) is 0 Å². The molecule has 1 aliphatic rings. The summed E-state index contributed by atoms with van der Waals surface area (Å²) in [6, 6.07) is 3.90. The summed E-state index contributed by atoms with van der Waals surface area (Å²) in [5, 5.41) is -0.191. The molecule has 0 radical (unpaired) electrons. The van der Waals surface area contributed by atoms with Crippen molar-refractivity contribution in [1.29, 1.82) is 0 Å². The fourth-order valence-corrected chi connectivity index (χ4v) is 3.95. The van der Waals surface area contributed by atoms with Crippen LogP contribution in [0.15, 0.2) is 27.6 Å². The third-order valence-corrected chi connectivity index (χ3v) is 5.35. The fourth-order valence-electron chi connectivity index (χ4n) is 1.73. The zero-order valence-electron chi connectivity index (χ0n) is 8.74. The highest BCUT2D eigenvalue weighted by atomic mass is 79.9. The lowest BCUT2D eigenvalue weighted by Gasteiger charge is -2.16. The van der Waals surface area contributed by atoms with Gasteiger partial charge in [0.15, 0.2) is 0 Å². The molecule has 94 valence electrons. The van der Waals surface area contributed by atoms with E-state index in [-0.39, 0.29) is 16.8 Å². The zero-order valence-corrected chi connectivity index (χ0v) is 11.9. The van der Waals surface area contributed by atoms with Crippen LogP contribution >= 0.6 is 27.5 Å². The summed E-state index contributed by atoms with van der Waals surface area (Å²) in [4.78, 5) is -0.300. The summed E-state index contributed by atoms with van der Waals surface area (Å²) in [6.07, 6.45) is 0.596. The zero-order chi connectivity index (χ0) is 12.6. The number of halogens is 3. The van der Waals surface area contributed by atoms with Gasteiger partial charge in [-0.3, -0.25) is 0 Å². The molecule has 1 aromatic carbocycles. The first-order valence-corrected chi connectivity index (χ1v) is 7.67. The Morgan fingerprint density at radius 1 is 1.47 bits per heavy atom. The molecule has 1 fully saturated rings. The molecule has 1 saturated heterocycles. The van der Waals surface area contributed by atoms with Crippen molar-refractivity contribution in [3.63, 3.8) is 0 Å². The number of sulfonamides is 1. The van der Waals surface area contributed by atoms with Crippen molar-refractivity contribution in [2.24, 2.45) is 0 Å².